The van der Waals surface area contributed by atoms with Crippen LogP contribution < -0.4 is 5.32 Å². The van der Waals surface area contributed by atoms with Crippen molar-refractivity contribution in [2.24, 2.45) is 0 Å². The number of benzene rings is 2. The Hall–Kier alpha value is -1.65. The lowest BCUT2D eigenvalue weighted by atomic mass is 9.98. The summed E-state index contributed by atoms with van der Waals surface area (Å²) >= 11 is 3.46. The van der Waals surface area contributed by atoms with E-state index < -0.39 is 0 Å². The third kappa shape index (κ3) is 2.05. The van der Waals surface area contributed by atoms with Gasteiger partial charge in [-0.25, -0.2) is 4.98 Å². The van der Waals surface area contributed by atoms with Crippen LogP contribution in [0, 0.1) is 0 Å². The zero-order chi connectivity index (χ0) is 13.5. The average Bonchev–Trinajstić information content (AvgIpc) is 2.89. The summed E-state index contributed by atoms with van der Waals surface area (Å²) in [6.45, 7) is 1.98. The first kappa shape index (κ1) is 12.1. The van der Waals surface area contributed by atoms with Crippen LogP contribution in [0.15, 0.2) is 45.3 Å². The molecule has 1 N–H and O–H groups in total. The number of oxazole rings is 1. The van der Waals surface area contributed by atoms with E-state index in [4.69, 9.17) is 4.42 Å². The lowest BCUT2D eigenvalue weighted by molar-refractivity contribution is 0.617. The van der Waals surface area contributed by atoms with E-state index in [-0.39, 0.29) is 0 Å². The highest BCUT2D eigenvalue weighted by atomic mass is 79.9. The van der Waals surface area contributed by atoms with Crippen LogP contribution in [-0.2, 0) is 13.0 Å². The van der Waals surface area contributed by atoms with Gasteiger partial charge < -0.3 is 9.73 Å². The first-order valence-electron chi connectivity index (χ1n) is 6.68. The largest absolute Gasteiger partial charge is 0.436 e. The summed E-state index contributed by atoms with van der Waals surface area (Å²) in [5, 5.41) is 3.40. The van der Waals surface area contributed by atoms with E-state index in [1.807, 2.05) is 18.2 Å². The van der Waals surface area contributed by atoms with Gasteiger partial charge in [-0.1, -0.05) is 22.0 Å². The van der Waals surface area contributed by atoms with Crippen molar-refractivity contribution in [3.8, 4) is 11.5 Å². The minimum atomic E-state index is 0.687. The van der Waals surface area contributed by atoms with Crippen molar-refractivity contribution in [3.63, 3.8) is 0 Å². The summed E-state index contributed by atoms with van der Waals surface area (Å²) in [5.41, 5.74) is 5.51. The maximum Gasteiger partial charge on any atom is 0.227 e. The smallest absolute Gasteiger partial charge is 0.227 e. The Bertz CT molecular complexity index is 794. The molecule has 100 valence electrons. The number of hydrogen-bond acceptors (Lipinski definition) is 3. The number of halogens is 1. The summed E-state index contributed by atoms with van der Waals surface area (Å²) in [5.74, 6) is 0.687. The van der Waals surface area contributed by atoms with Crippen LogP contribution >= 0.6 is 15.9 Å². The van der Waals surface area contributed by atoms with E-state index in [1.165, 1.54) is 11.1 Å². The van der Waals surface area contributed by atoms with Crippen molar-refractivity contribution in [3.05, 3.63) is 52.0 Å². The highest BCUT2D eigenvalue weighted by Crippen LogP contribution is 2.28. The molecule has 0 saturated carbocycles. The van der Waals surface area contributed by atoms with Crippen molar-refractivity contribution >= 4 is 27.0 Å². The molecule has 0 bridgehead atoms. The van der Waals surface area contributed by atoms with Gasteiger partial charge in [0.2, 0.25) is 5.89 Å². The fourth-order valence-corrected chi connectivity index (χ4v) is 2.99. The Morgan fingerprint density at radius 1 is 1.10 bits per heavy atom. The summed E-state index contributed by atoms with van der Waals surface area (Å²) in [4.78, 5) is 4.58. The molecule has 20 heavy (non-hydrogen) atoms. The van der Waals surface area contributed by atoms with Gasteiger partial charge in [-0.15, -0.1) is 0 Å². The second kappa shape index (κ2) is 4.72. The Labute approximate surface area is 125 Å². The monoisotopic (exact) mass is 328 g/mol. The average molecular weight is 329 g/mol. The molecule has 0 spiro atoms. The third-order valence-electron chi connectivity index (χ3n) is 3.69. The highest BCUT2D eigenvalue weighted by Gasteiger charge is 2.13. The maximum atomic E-state index is 5.85. The van der Waals surface area contributed by atoms with E-state index in [1.54, 1.807) is 0 Å². The van der Waals surface area contributed by atoms with Gasteiger partial charge in [0.1, 0.15) is 5.52 Å². The standard InChI is InChI=1S/C16H13BrN2O/c17-13-3-4-15-14(8-13)19-16(20-15)11-2-1-10-5-6-18-9-12(10)7-11/h1-4,7-8,18H,5-6,9H2. The molecular weight excluding hydrogens is 316 g/mol. The van der Waals surface area contributed by atoms with Crippen LogP contribution in [-0.4, -0.2) is 11.5 Å². The zero-order valence-electron chi connectivity index (χ0n) is 10.8. The highest BCUT2D eigenvalue weighted by molar-refractivity contribution is 9.10. The van der Waals surface area contributed by atoms with Crippen LogP contribution in [0.25, 0.3) is 22.6 Å². The molecule has 3 nitrogen and oxygen atoms in total. The Kier molecular flexibility index (Phi) is 2.86. The van der Waals surface area contributed by atoms with Crippen LogP contribution in [0.4, 0.5) is 0 Å². The molecule has 0 aliphatic carbocycles. The Morgan fingerprint density at radius 3 is 3.00 bits per heavy atom. The number of rotatable bonds is 1. The van der Waals surface area contributed by atoms with Crippen LogP contribution in [0.2, 0.25) is 0 Å². The molecule has 1 aromatic heterocycles. The summed E-state index contributed by atoms with van der Waals surface area (Å²) in [6.07, 6.45) is 1.09. The number of hydrogen-bond donors (Lipinski definition) is 1. The van der Waals surface area contributed by atoms with Crippen molar-refractivity contribution in [2.75, 3.05) is 6.54 Å². The Morgan fingerprint density at radius 2 is 2.05 bits per heavy atom. The summed E-state index contributed by atoms with van der Waals surface area (Å²) in [6, 6.07) is 12.4. The molecule has 0 fully saturated rings. The quantitative estimate of drug-likeness (QED) is 0.736. The van der Waals surface area contributed by atoms with Crippen LogP contribution in [0.1, 0.15) is 11.1 Å². The fourth-order valence-electron chi connectivity index (χ4n) is 2.64. The van der Waals surface area contributed by atoms with E-state index in [0.29, 0.717) is 5.89 Å². The van der Waals surface area contributed by atoms with Gasteiger partial charge in [0.05, 0.1) is 0 Å². The predicted octanol–water partition coefficient (Wildman–Crippen LogP) is 3.90. The summed E-state index contributed by atoms with van der Waals surface area (Å²) in [7, 11) is 0. The zero-order valence-corrected chi connectivity index (χ0v) is 12.4. The molecule has 4 rings (SSSR count). The Balaban J connectivity index is 1.82. The number of aromatic nitrogens is 1. The molecule has 2 aromatic carbocycles. The van der Waals surface area contributed by atoms with E-state index in [2.05, 4.69) is 44.4 Å². The van der Waals surface area contributed by atoms with Crippen molar-refractivity contribution < 1.29 is 4.42 Å². The molecule has 4 heteroatoms. The molecule has 0 saturated heterocycles. The van der Waals surface area contributed by atoms with Crippen LogP contribution in [0.3, 0.4) is 0 Å². The lowest BCUT2D eigenvalue weighted by Crippen LogP contribution is -2.23. The van der Waals surface area contributed by atoms with Crippen molar-refractivity contribution in [1.82, 2.24) is 10.3 Å². The van der Waals surface area contributed by atoms with Gasteiger partial charge >= 0.3 is 0 Å². The van der Waals surface area contributed by atoms with Gasteiger partial charge in [-0.2, -0.15) is 0 Å². The van der Waals surface area contributed by atoms with Crippen LogP contribution in [0.5, 0.6) is 0 Å². The summed E-state index contributed by atoms with van der Waals surface area (Å²) < 4.78 is 6.86. The predicted molar refractivity (Wildman–Crippen MR) is 82.6 cm³/mol. The second-order valence-corrected chi connectivity index (χ2v) is 5.96. The van der Waals surface area contributed by atoms with Gasteiger partial charge in [-0.05, 0) is 54.4 Å². The third-order valence-corrected chi connectivity index (χ3v) is 4.18. The van der Waals surface area contributed by atoms with E-state index in [0.717, 1.165) is 40.6 Å². The molecule has 0 amide bonds. The molecule has 1 aliphatic heterocycles. The van der Waals surface area contributed by atoms with Gasteiger partial charge in [0.25, 0.3) is 0 Å². The number of nitrogens with zero attached hydrogens (tertiary/aromatic N) is 1. The lowest BCUT2D eigenvalue weighted by Gasteiger charge is -2.17. The van der Waals surface area contributed by atoms with Gasteiger partial charge in [-0.3, -0.25) is 0 Å². The normalized spacial score (nSPS) is 14.4. The number of fused-ring (bicyclic) bond motifs is 2. The minimum Gasteiger partial charge on any atom is -0.436 e. The van der Waals surface area contributed by atoms with E-state index in [9.17, 15) is 0 Å². The minimum absolute atomic E-state index is 0.687. The number of nitrogens with one attached hydrogen (secondary N) is 1. The first-order chi connectivity index (χ1) is 9.79. The molecule has 0 radical (unpaired) electrons. The molecular formula is C16H13BrN2O. The topological polar surface area (TPSA) is 38.1 Å². The van der Waals surface area contributed by atoms with Gasteiger partial charge in [0, 0.05) is 16.6 Å². The molecule has 0 atom stereocenters. The van der Waals surface area contributed by atoms with Crippen molar-refractivity contribution in [1.29, 1.82) is 0 Å². The van der Waals surface area contributed by atoms with Crippen molar-refractivity contribution in [2.45, 2.75) is 13.0 Å². The maximum absolute atomic E-state index is 5.85. The molecule has 3 aromatic rings. The second-order valence-electron chi connectivity index (χ2n) is 5.04. The van der Waals surface area contributed by atoms with E-state index >= 15 is 0 Å². The molecule has 1 aliphatic rings. The fraction of sp³-hybridized carbons (Fsp3) is 0.188. The first-order valence-corrected chi connectivity index (χ1v) is 7.48. The molecule has 0 unspecified atom stereocenters. The SMILES string of the molecule is Brc1ccc2oc(-c3ccc4c(c3)CNCC4)nc2c1. The van der Waals surface area contributed by atoms with Gasteiger partial charge in [0.15, 0.2) is 5.58 Å². The molecule has 2 heterocycles.